The first-order valence-electron chi connectivity index (χ1n) is 5.89. The van der Waals surface area contributed by atoms with Gasteiger partial charge in [0.2, 0.25) is 0 Å². The second-order valence-corrected chi connectivity index (χ2v) is 6.41. The molecule has 2 heterocycles. The molecule has 5 heteroatoms. The molecule has 94 valence electrons. The number of fused-ring (bicyclic) bond motifs is 1. The molecule has 0 radical (unpaired) electrons. The van der Waals surface area contributed by atoms with Gasteiger partial charge in [-0.3, -0.25) is 4.21 Å². The third kappa shape index (κ3) is 2.22. The van der Waals surface area contributed by atoms with Gasteiger partial charge in [0.05, 0.1) is 0 Å². The summed E-state index contributed by atoms with van der Waals surface area (Å²) in [5.74, 6) is 2.33. The average Bonchev–Trinajstić information content (AvgIpc) is 2.38. The molecule has 3 nitrogen and oxygen atoms in total. The highest BCUT2D eigenvalue weighted by Gasteiger charge is 2.18. The Bertz CT molecular complexity index is 607. The van der Waals surface area contributed by atoms with E-state index in [0.717, 1.165) is 29.7 Å². The Balaban J connectivity index is 2.07. The molecular formula is C13H13ClN2OS. The van der Waals surface area contributed by atoms with Crippen molar-refractivity contribution >= 4 is 39.0 Å². The van der Waals surface area contributed by atoms with Crippen molar-refractivity contribution in [2.45, 2.75) is 0 Å². The van der Waals surface area contributed by atoms with Gasteiger partial charge >= 0.3 is 0 Å². The monoisotopic (exact) mass is 280 g/mol. The number of benzene rings is 1. The Morgan fingerprint density at radius 2 is 1.94 bits per heavy atom. The Hall–Kier alpha value is -1.13. The van der Waals surface area contributed by atoms with Crippen LogP contribution in [0.3, 0.4) is 0 Å². The summed E-state index contributed by atoms with van der Waals surface area (Å²) in [6, 6.07) is 9.97. The molecule has 1 fully saturated rings. The van der Waals surface area contributed by atoms with Gasteiger partial charge in [0.1, 0.15) is 11.0 Å². The van der Waals surface area contributed by atoms with Crippen LogP contribution in [0.15, 0.2) is 30.3 Å². The maximum Gasteiger partial charge on any atom is 0.138 e. The van der Waals surface area contributed by atoms with Gasteiger partial charge in [-0.1, -0.05) is 35.9 Å². The summed E-state index contributed by atoms with van der Waals surface area (Å²) in [4.78, 5) is 6.62. The van der Waals surface area contributed by atoms with Crippen molar-refractivity contribution in [3.8, 4) is 0 Å². The van der Waals surface area contributed by atoms with Crippen molar-refractivity contribution in [2.75, 3.05) is 29.5 Å². The summed E-state index contributed by atoms with van der Waals surface area (Å²) in [6.07, 6.45) is 0. The van der Waals surface area contributed by atoms with Crippen molar-refractivity contribution in [1.82, 2.24) is 4.98 Å². The molecule has 0 saturated carbocycles. The smallest absolute Gasteiger partial charge is 0.138 e. The Morgan fingerprint density at radius 1 is 1.22 bits per heavy atom. The third-order valence-electron chi connectivity index (χ3n) is 3.17. The predicted molar refractivity (Wildman–Crippen MR) is 76.8 cm³/mol. The molecule has 1 aliphatic heterocycles. The largest absolute Gasteiger partial charge is 0.354 e. The van der Waals surface area contributed by atoms with E-state index in [1.807, 2.05) is 24.3 Å². The predicted octanol–water partition coefficient (Wildman–Crippen LogP) is 2.46. The minimum Gasteiger partial charge on any atom is -0.354 e. The number of hydrogen-bond donors (Lipinski definition) is 0. The van der Waals surface area contributed by atoms with E-state index in [0.29, 0.717) is 16.7 Å². The van der Waals surface area contributed by atoms with E-state index in [9.17, 15) is 4.21 Å². The maximum absolute atomic E-state index is 11.4. The molecule has 3 rings (SSSR count). The summed E-state index contributed by atoms with van der Waals surface area (Å²) in [6.45, 7) is 1.56. The Morgan fingerprint density at radius 3 is 2.72 bits per heavy atom. The van der Waals surface area contributed by atoms with Gasteiger partial charge in [-0.2, -0.15) is 0 Å². The van der Waals surface area contributed by atoms with Crippen molar-refractivity contribution in [3.05, 3.63) is 35.5 Å². The summed E-state index contributed by atoms with van der Waals surface area (Å²) in [5.41, 5.74) is 0. The normalized spacial score (nSPS) is 17.3. The first-order valence-corrected chi connectivity index (χ1v) is 7.76. The van der Waals surface area contributed by atoms with Gasteiger partial charge < -0.3 is 4.90 Å². The lowest BCUT2D eigenvalue weighted by Crippen LogP contribution is -2.38. The fraction of sp³-hybridized carbons (Fsp3) is 0.308. The third-order valence-corrected chi connectivity index (χ3v) is 4.64. The number of pyridine rings is 1. The number of anilines is 1. The maximum atomic E-state index is 11.4. The molecule has 0 bridgehead atoms. The lowest BCUT2D eigenvalue weighted by Gasteiger charge is -2.28. The van der Waals surface area contributed by atoms with Gasteiger partial charge in [0.25, 0.3) is 0 Å². The Kier molecular flexibility index (Phi) is 3.22. The van der Waals surface area contributed by atoms with Crippen LogP contribution in [-0.4, -0.2) is 33.8 Å². The Labute approximate surface area is 113 Å². The molecule has 0 unspecified atom stereocenters. The number of aromatic nitrogens is 1. The average molecular weight is 281 g/mol. The first kappa shape index (κ1) is 11.9. The standard InChI is InChI=1S/C13H13ClN2OS/c14-12-9-10-3-1-2-4-11(10)13(15-12)16-5-7-18(17)8-6-16/h1-4,9H,5-8H2. The summed E-state index contributed by atoms with van der Waals surface area (Å²) in [5, 5.41) is 2.71. The summed E-state index contributed by atoms with van der Waals surface area (Å²) in [7, 11) is -0.676. The van der Waals surface area contributed by atoms with Crippen LogP contribution in [-0.2, 0) is 10.8 Å². The molecular weight excluding hydrogens is 268 g/mol. The van der Waals surface area contributed by atoms with Crippen molar-refractivity contribution in [2.24, 2.45) is 0 Å². The van der Waals surface area contributed by atoms with E-state index in [1.54, 1.807) is 0 Å². The van der Waals surface area contributed by atoms with Crippen LogP contribution < -0.4 is 4.90 Å². The molecule has 1 aromatic carbocycles. The van der Waals surface area contributed by atoms with Gasteiger partial charge in [-0.05, 0) is 11.5 Å². The van der Waals surface area contributed by atoms with Crippen LogP contribution in [0.25, 0.3) is 10.8 Å². The molecule has 0 N–H and O–H groups in total. The fourth-order valence-electron chi connectivity index (χ4n) is 2.24. The molecule has 1 aliphatic rings. The lowest BCUT2D eigenvalue weighted by molar-refractivity contribution is 0.672. The molecule has 1 saturated heterocycles. The van der Waals surface area contributed by atoms with Crippen LogP contribution >= 0.6 is 11.6 Å². The minimum atomic E-state index is -0.676. The molecule has 0 spiro atoms. The topological polar surface area (TPSA) is 33.2 Å². The van der Waals surface area contributed by atoms with Crippen molar-refractivity contribution in [3.63, 3.8) is 0 Å². The SMILES string of the molecule is O=S1CCN(c2nc(Cl)cc3ccccc23)CC1. The molecule has 0 aliphatic carbocycles. The molecule has 18 heavy (non-hydrogen) atoms. The van der Waals surface area contributed by atoms with Crippen LogP contribution in [0.2, 0.25) is 5.15 Å². The zero-order chi connectivity index (χ0) is 12.5. The number of hydrogen-bond acceptors (Lipinski definition) is 3. The van der Waals surface area contributed by atoms with Crippen molar-refractivity contribution in [1.29, 1.82) is 0 Å². The lowest BCUT2D eigenvalue weighted by atomic mass is 10.1. The van der Waals surface area contributed by atoms with Crippen LogP contribution in [0, 0.1) is 0 Å². The highest BCUT2D eigenvalue weighted by Crippen LogP contribution is 2.28. The molecule has 1 aromatic heterocycles. The van der Waals surface area contributed by atoms with E-state index in [2.05, 4.69) is 16.0 Å². The van der Waals surface area contributed by atoms with E-state index >= 15 is 0 Å². The zero-order valence-corrected chi connectivity index (χ0v) is 11.4. The molecule has 0 amide bonds. The number of halogens is 1. The second kappa shape index (κ2) is 4.86. The first-order chi connectivity index (χ1) is 8.74. The van der Waals surface area contributed by atoms with Gasteiger partial charge in [-0.25, -0.2) is 4.98 Å². The van der Waals surface area contributed by atoms with Gasteiger partial charge in [-0.15, -0.1) is 0 Å². The quantitative estimate of drug-likeness (QED) is 0.753. The number of rotatable bonds is 1. The molecule has 2 aromatic rings. The molecule has 0 atom stereocenters. The van der Waals surface area contributed by atoms with E-state index < -0.39 is 10.8 Å². The second-order valence-electron chi connectivity index (χ2n) is 4.32. The van der Waals surface area contributed by atoms with E-state index in [-0.39, 0.29) is 0 Å². The van der Waals surface area contributed by atoms with Crippen LogP contribution in [0.5, 0.6) is 0 Å². The summed E-state index contributed by atoms with van der Waals surface area (Å²) < 4.78 is 11.4. The summed E-state index contributed by atoms with van der Waals surface area (Å²) >= 11 is 6.07. The van der Waals surface area contributed by atoms with Crippen LogP contribution in [0.4, 0.5) is 5.82 Å². The van der Waals surface area contributed by atoms with Crippen LogP contribution in [0.1, 0.15) is 0 Å². The fourth-order valence-corrected chi connectivity index (χ4v) is 3.49. The number of nitrogens with zero attached hydrogens (tertiary/aromatic N) is 2. The highest BCUT2D eigenvalue weighted by molar-refractivity contribution is 7.85. The van der Waals surface area contributed by atoms with Crippen molar-refractivity contribution < 1.29 is 4.21 Å². The van der Waals surface area contributed by atoms with Gasteiger partial charge in [0, 0.05) is 40.8 Å². The van der Waals surface area contributed by atoms with E-state index in [1.165, 1.54) is 0 Å². The van der Waals surface area contributed by atoms with Gasteiger partial charge in [0.15, 0.2) is 0 Å². The zero-order valence-electron chi connectivity index (χ0n) is 9.80. The minimum absolute atomic E-state index is 0.510. The van der Waals surface area contributed by atoms with E-state index in [4.69, 9.17) is 11.6 Å². The highest BCUT2D eigenvalue weighted by atomic mass is 35.5.